The highest BCUT2D eigenvalue weighted by Gasteiger charge is 2.02. The first kappa shape index (κ1) is 33.7. The Morgan fingerprint density at radius 1 is 0.909 bits per heavy atom. The zero-order valence-electron chi connectivity index (χ0n) is 21.7. The Morgan fingerprint density at radius 2 is 1.52 bits per heavy atom. The molecule has 33 heavy (non-hydrogen) atoms. The second kappa shape index (κ2) is 25.2. The van der Waals surface area contributed by atoms with Crippen molar-refractivity contribution in [1.82, 2.24) is 10.2 Å². The van der Waals surface area contributed by atoms with Crippen LogP contribution in [0.25, 0.3) is 0 Å². The van der Waals surface area contributed by atoms with Crippen LogP contribution in [-0.4, -0.2) is 71.5 Å². The highest BCUT2D eigenvalue weighted by atomic mass is 16.4. The average Bonchev–Trinajstić information content (AvgIpc) is 2.75. The number of hydrogen-bond donors (Lipinski definition) is 4. The lowest BCUT2D eigenvalue weighted by Crippen LogP contribution is -2.26. The number of carbonyl (C=O) groups is 2. The first-order chi connectivity index (χ1) is 15.7. The van der Waals surface area contributed by atoms with Gasteiger partial charge in [-0.25, -0.2) is 4.79 Å². The Labute approximate surface area is 202 Å². The molecular weight excluding hydrogens is 420 g/mol. The van der Waals surface area contributed by atoms with E-state index in [1.165, 1.54) is 45.4 Å². The summed E-state index contributed by atoms with van der Waals surface area (Å²) in [6, 6.07) is 0. The van der Waals surface area contributed by atoms with Gasteiger partial charge in [0.1, 0.15) is 6.10 Å². The summed E-state index contributed by atoms with van der Waals surface area (Å²) in [7, 11) is 4.10. The van der Waals surface area contributed by atoms with Crippen molar-refractivity contribution in [1.29, 1.82) is 0 Å². The molecule has 1 amide bonds. The average molecular weight is 473 g/mol. The van der Waals surface area contributed by atoms with Crippen molar-refractivity contribution < 1.29 is 24.9 Å². The fraction of sp³-hybridized carbons (Fsp3) is 0.846. The van der Waals surface area contributed by atoms with Gasteiger partial charge < -0.3 is 25.5 Å². The van der Waals surface area contributed by atoms with E-state index in [4.69, 9.17) is 10.2 Å². The number of nitrogens with one attached hydrogen (secondary N) is 1. The molecule has 0 spiro atoms. The van der Waals surface area contributed by atoms with Crippen molar-refractivity contribution in [2.24, 2.45) is 0 Å². The molecule has 0 saturated heterocycles. The largest absolute Gasteiger partial charge is 0.479 e. The number of rotatable bonds is 20. The van der Waals surface area contributed by atoms with Crippen molar-refractivity contribution in [2.45, 2.75) is 116 Å². The molecule has 4 N–H and O–H groups in total. The van der Waals surface area contributed by atoms with Gasteiger partial charge in [-0.2, -0.15) is 0 Å². The molecule has 7 nitrogen and oxygen atoms in total. The van der Waals surface area contributed by atoms with Crippen LogP contribution in [0.4, 0.5) is 0 Å². The van der Waals surface area contributed by atoms with Crippen LogP contribution >= 0.6 is 0 Å². The Hall–Kier alpha value is -1.44. The van der Waals surface area contributed by atoms with Gasteiger partial charge in [0, 0.05) is 13.0 Å². The summed E-state index contributed by atoms with van der Waals surface area (Å²) in [6.07, 6.45) is 18.2. The minimum Gasteiger partial charge on any atom is -0.479 e. The van der Waals surface area contributed by atoms with Gasteiger partial charge in [-0.3, -0.25) is 4.79 Å². The van der Waals surface area contributed by atoms with Crippen LogP contribution < -0.4 is 5.32 Å². The number of hydrogen-bond acceptors (Lipinski definition) is 5. The SMILES string of the molecule is CC(O)C(=O)O.CCCCCCC(O)CC=CCCCCCCCC(=O)NCCCN(C)C. The van der Waals surface area contributed by atoms with Crippen LogP contribution in [0.5, 0.6) is 0 Å². The van der Waals surface area contributed by atoms with E-state index in [0.29, 0.717) is 6.42 Å². The number of carboxylic acids is 1. The van der Waals surface area contributed by atoms with Gasteiger partial charge in [0.25, 0.3) is 0 Å². The number of aliphatic hydroxyl groups excluding tert-OH is 2. The smallest absolute Gasteiger partial charge is 0.332 e. The molecule has 0 aliphatic rings. The highest BCUT2D eigenvalue weighted by molar-refractivity contribution is 5.75. The van der Waals surface area contributed by atoms with E-state index in [9.17, 15) is 14.7 Å². The van der Waals surface area contributed by atoms with Gasteiger partial charge in [-0.1, -0.05) is 64.0 Å². The monoisotopic (exact) mass is 472 g/mol. The number of aliphatic carboxylic acids is 1. The number of carboxylic acid groups (broad SMARTS) is 1. The number of carbonyl (C=O) groups excluding carboxylic acids is 1. The first-order valence-corrected chi connectivity index (χ1v) is 12.9. The maximum absolute atomic E-state index is 11.7. The van der Waals surface area contributed by atoms with Crippen LogP contribution in [0.3, 0.4) is 0 Å². The van der Waals surface area contributed by atoms with Crippen molar-refractivity contribution in [2.75, 3.05) is 27.2 Å². The van der Waals surface area contributed by atoms with Crippen molar-refractivity contribution in [3.63, 3.8) is 0 Å². The molecule has 0 aliphatic carbocycles. The van der Waals surface area contributed by atoms with Gasteiger partial charge in [-0.15, -0.1) is 0 Å². The predicted octanol–water partition coefficient (Wildman–Crippen LogP) is 4.51. The second-order valence-corrected chi connectivity index (χ2v) is 9.04. The van der Waals surface area contributed by atoms with E-state index < -0.39 is 12.1 Å². The quantitative estimate of drug-likeness (QED) is 0.153. The molecule has 0 aromatic carbocycles. The molecule has 0 fully saturated rings. The fourth-order valence-corrected chi connectivity index (χ4v) is 3.09. The molecule has 0 heterocycles. The van der Waals surface area contributed by atoms with E-state index >= 15 is 0 Å². The number of nitrogens with zero attached hydrogens (tertiary/aromatic N) is 1. The minimum atomic E-state index is -1.23. The molecule has 0 bridgehead atoms. The minimum absolute atomic E-state index is 0.160. The molecule has 0 radical (unpaired) electrons. The normalized spacial score (nSPS) is 12.9. The summed E-state index contributed by atoms with van der Waals surface area (Å²) in [5, 5.41) is 28.7. The fourth-order valence-electron chi connectivity index (χ4n) is 3.09. The Bertz CT molecular complexity index is 481. The molecule has 7 heteroatoms. The van der Waals surface area contributed by atoms with E-state index in [0.717, 1.165) is 58.0 Å². The standard InChI is InChI=1S/C23H46N2O2.C3H6O3/c1-4-5-6-13-17-22(26)18-14-11-9-7-8-10-12-15-19-23(27)24-20-16-21-25(2)3;1-2(4)3(5)6/h11,14,22,26H,4-10,12-13,15-21H2,1-3H3,(H,24,27);2,4H,1H3,(H,5,6). The zero-order chi connectivity index (χ0) is 25.3. The number of aliphatic hydroxyl groups is 2. The molecule has 2 unspecified atom stereocenters. The lowest BCUT2D eigenvalue weighted by molar-refractivity contribution is -0.145. The van der Waals surface area contributed by atoms with Crippen molar-refractivity contribution in [3.8, 4) is 0 Å². The molecule has 0 aliphatic heterocycles. The zero-order valence-corrected chi connectivity index (χ0v) is 21.7. The molecular formula is C26H52N2O5. The molecule has 0 aromatic rings. The Kier molecular flexibility index (Phi) is 25.7. The van der Waals surface area contributed by atoms with Crippen LogP contribution in [0.2, 0.25) is 0 Å². The van der Waals surface area contributed by atoms with E-state index in [1.807, 2.05) is 0 Å². The summed E-state index contributed by atoms with van der Waals surface area (Å²) in [4.78, 5) is 23.3. The van der Waals surface area contributed by atoms with Gasteiger partial charge in [0.05, 0.1) is 6.10 Å². The summed E-state index contributed by atoms with van der Waals surface area (Å²) < 4.78 is 0. The molecule has 0 rings (SSSR count). The molecule has 0 aromatic heterocycles. The van der Waals surface area contributed by atoms with Crippen LogP contribution in [-0.2, 0) is 9.59 Å². The first-order valence-electron chi connectivity index (χ1n) is 12.9. The third kappa shape index (κ3) is 30.6. The van der Waals surface area contributed by atoms with E-state index in [2.05, 4.69) is 43.4 Å². The summed E-state index contributed by atoms with van der Waals surface area (Å²) >= 11 is 0. The maximum Gasteiger partial charge on any atom is 0.332 e. The lowest BCUT2D eigenvalue weighted by atomic mass is 10.1. The third-order valence-electron chi connectivity index (χ3n) is 5.20. The second-order valence-electron chi connectivity index (χ2n) is 9.04. The topological polar surface area (TPSA) is 110 Å². The van der Waals surface area contributed by atoms with Gasteiger partial charge in [0.15, 0.2) is 0 Å². The Morgan fingerprint density at radius 3 is 2.12 bits per heavy atom. The molecule has 0 saturated carbocycles. The van der Waals surface area contributed by atoms with Crippen LogP contribution in [0.15, 0.2) is 12.2 Å². The Balaban J connectivity index is 0. The van der Waals surface area contributed by atoms with E-state index in [-0.39, 0.29) is 12.0 Å². The van der Waals surface area contributed by atoms with Crippen LogP contribution in [0.1, 0.15) is 104 Å². The van der Waals surface area contributed by atoms with E-state index in [1.54, 1.807) is 0 Å². The van der Waals surface area contributed by atoms with Crippen molar-refractivity contribution in [3.05, 3.63) is 12.2 Å². The summed E-state index contributed by atoms with van der Waals surface area (Å²) in [6.45, 7) is 5.22. The van der Waals surface area contributed by atoms with Crippen molar-refractivity contribution >= 4 is 11.9 Å². The predicted molar refractivity (Wildman–Crippen MR) is 136 cm³/mol. The maximum atomic E-state index is 11.7. The van der Waals surface area contributed by atoms with Crippen LogP contribution in [0, 0.1) is 0 Å². The third-order valence-corrected chi connectivity index (χ3v) is 5.20. The lowest BCUT2D eigenvalue weighted by Gasteiger charge is -2.09. The number of allylic oxidation sites excluding steroid dienone is 1. The summed E-state index contributed by atoms with van der Waals surface area (Å²) in [5.74, 6) is -0.986. The van der Waals surface area contributed by atoms with Gasteiger partial charge in [-0.05, 0) is 66.1 Å². The number of amides is 1. The molecule has 2 atom stereocenters. The number of unbranched alkanes of at least 4 members (excludes halogenated alkanes) is 8. The highest BCUT2D eigenvalue weighted by Crippen LogP contribution is 2.10. The summed E-state index contributed by atoms with van der Waals surface area (Å²) in [5.41, 5.74) is 0. The van der Waals surface area contributed by atoms with Gasteiger partial charge in [0.2, 0.25) is 5.91 Å². The van der Waals surface area contributed by atoms with Gasteiger partial charge >= 0.3 is 5.97 Å². The molecule has 196 valence electrons.